The summed E-state index contributed by atoms with van der Waals surface area (Å²) in [5, 5.41) is 17.1. The summed E-state index contributed by atoms with van der Waals surface area (Å²) in [6, 6.07) is 13.8. The largest absolute Gasteiger partial charge is 0.478 e. The summed E-state index contributed by atoms with van der Waals surface area (Å²) in [5.74, 6) is -1.73. The number of carbonyl (C=O) groups is 2. The third-order valence-corrected chi connectivity index (χ3v) is 2.75. The van der Waals surface area contributed by atoms with Crippen LogP contribution in [0.5, 0.6) is 0 Å². The van der Waals surface area contributed by atoms with Gasteiger partial charge in [-0.1, -0.05) is 36.4 Å². The Labute approximate surface area is 143 Å². The van der Waals surface area contributed by atoms with Crippen molar-refractivity contribution < 1.29 is 47.1 Å². The minimum absolute atomic E-state index is 0. The van der Waals surface area contributed by atoms with Crippen molar-refractivity contribution in [2.75, 3.05) is 0 Å². The molecular weight excluding hydrogens is 369 g/mol. The Hall–Kier alpha value is -1.70. The molecule has 0 atom stereocenters. The van der Waals surface area contributed by atoms with Crippen LogP contribution in [0.3, 0.4) is 0 Å². The van der Waals surface area contributed by atoms with Crippen LogP contribution in [0, 0.1) is 13.8 Å². The average Bonchev–Trinajstić information content (AvgIpc) is 2.40. The van der Waals surface area contributed by atoms with E-state index in [9.17, 15) is 9.59 Å². The van der Waals surface area contributed by atoms with Crippen LogP contribution in [-0.2, 0) is 27.3 Å². The Kier molecular flexibility index (Phi) is 8.53. The van der Waals surface area contributed by atoms with Gasteiger partial charge in [0.15, 0.2) is 0 Å². The van der Waals surface area contributed by atoms with Crippen LogP contribution in [0.1, 0.15) is 31.8 Å². The fourth-order valence-electron chi connectivity index (χ4n) is 1.63. The molecule has 2 rings (SSSR count). The van der Waals surface area contributed by atoms with E-state index < -0.39 is 11.9 Å². The molecule has 0 heterocycles. The first-order valence-corrected chi connectivity index (χ1v) is 6.01. The summed E-state index contributed by atoms with van der Waals surface area (Å²) in [6.45, 7) is 3.56. The first-order valence-electron chi connectivity index (χ1n) is 6.01. The molecule has 0 radical (unpaired) electrons. The number of carboxylic acids is 2. The van der Waals surface area contributed by atoms with Crippen molar-refractivity contribution in [3.05, 3.63) is 70.8 Å². The molecule has 2 N–H and O–H groups in total. The molecule has 0 unspecified atom stereocenters. The van der Waals surface area contributed by atoms with E-state index in [0.717, 1.165) is 11.1 Å². The molecule has 0 aliphatic rings. The van der Waals surface area contributed by atoms with Crippen LogP contribution in [-0.4, -0.2) is 22.2 Å². The van der Waals surface area contributed by atoms with Crippen LogP contribution >= 0.6 is 0 Å². The van der Waals surface area contributed by atoms with Gasteiger partial charge in [-0.3, -0.25) is 0 Å². The average molecular weight is 385 g/mol. The minimum Gasteiger partial charge on any atom is -0.478 e. The van der Waals surface area contributed by atoms with Crippen molar-refractivity contribution in [2.45, 2.75) is 13.8 Å². The molecule has 4 nitrogen and oxygen atoms in total. The number of benzene rings is 2. The number of rotatable bonds is 2. The molecule has 0 saturated heterocycles. The van der Waals surface area contributed by atoms with Gasteiger partial charge < -0.3 is 10.2 Å². The quantitative estimate of drug-likeness (QED) is 0.778. The molecule has 0 saturated carbocycles. The van der Waals surface area contributed by atoms with Crippen LogP contribution in [0.2, 0.25) is 0 Å². The van der Waals surface area contributed by atoms with Crippen LogP contribution in [0.4, 0.5) is 0 Å². The van der Waals surface area contributed by atoms with Gasteiger partial charge in [-0.05, 0) is 37.1 Å². The normalized spacial score (nSPS) is 8.86. The molecule has 0 aliphatic heterocycles. The fraction of sp³-hybridized carbons (Fsp3) is 0.125. The van der Waals surface area contributed by atoms with Crippen LogP contribution < -0.4 is 0 Å². The molecule has 0 aliphatic carbocycles. The smallest absolute Gasteiger partial charge is 0.335 e. The zero-order chi connectivity index (χ0) is 15.1. The van der Waals surface area contributed by atoms with Gasteiger partial charge in [0.2, 0.25) is 0 Å². The number of carboxylic acid groups (broad SMARTS) is 2. The van der Waals surface area contributed by atoms with Crippen LogP contribution in [0.15, 0.2) is 48.5 Å². The molecule has 0 fully saturated rings. The van der Waals surface area contributed by atoms with Gasteiger partial charge in [-0.25, -0.2) is 9.59 Å². The second kappa shape index (κ2) is 9.28. The third kappa shape index (κ3) is 6.07. The van der Waals surface area contributed by atoms with Crippen molar-refractivity contribution in [3.8, 4) is 0 Å². The zero-order valence-electron chi connectivity index (χ0n) is 12.0. The maximum Gasteiger partial charge on any atom is 0.335 e. The van der Waals surface area contributed by atoms with Crippen molar-refractivity contribution >= 4 is 11.9 Å². The fourth-order valence-corrected chi connectivity index (χ4v) is 1.63. The first kappa shape index (κ1) is 19.3. The molecule has 0 aromatic heterocycles. The van der Waals surface area contributed by atoms with Crippen molar-refractivity contribution in [1.29, 1.82) is 0 Å². The van der Waals surface area contributed by atoms with E-state index in [1.807, 2.05) is 12.1 Å². The predicted octanol–water partition coefficient (Wildman–Crippen LogP) is 3.38. The predicted molar refractivity (Wildman–Crippen MR) is 76.3 cm³/mol. The van der Waals surface area contributed by atoms with Gasteiger partial charge in [0.1, 0.15) is 0 Å². The molecule has 0 spiro atoms. The Morgan fingerprint density at radius 3 is 1.19 bits per heavy atom. The molecule has 5 heteroatoms. The summed E-state index contributed by atoms with van der Waals surface area (Å²) in [4.78, 5) is 20.8. The molecular formula is C16H16CdO4. The van der Waals surface area contributed by atoms with E-state index in [4.69, 9.17) is 10.2 Å². The number of hydrogen-bond donors (Lipinski definition) is 2. The molecule has 2 aromatic rings. The van der Waals surface area contributed by atoms with Gasteiger partial charge in [0.25, 0.3) is 0 Å². The number of aryl methyl sites for hydroxylation is 2. The standard InChI is InChI=1S/2C8H8O2.Cd/c2*1-6-4-2-3-5-7(6)8(9)10;/h2*2-5H,1H3,(H,9,10);. The maximum absolute atomic E-state index is 10.4. The van der Waals surface area contributed by atoms with Crippen molar-refractivity contribution in [3.63, 3.8) is 0 Å². The molecule has 0 bridgehead atoms. The SMILES string of the molecule is Cc1ccccc1C(=O)O.Cc1ccccc1C(=O)O.[Cd]. The summed E-state index contributed by atoms with van der Waals surface area (Å²) in [5.41, 5.74) is 2.36. The Morgan fingerprint density at radius 1 is 0.714 bits per heavy atom. The van der Waals surface area contributed by atoms with Gasteiger partial charge in [0, 0.05) is 27.3 Å². The Balaban J connectivity index is 0.000000364. The first-order chi connectivity index (χ1) is 9.43. The topological polar surface area (TPSA) is 74.6 Å². The van der Waals surface area contributed by atoms with Crippen molar-refractivity contribution in [1.82, 2.24) is 0 Å². The van der Waals surface area contributed by atoms with Crippen molar-refractivity contribution in [2.24, 2.45) is 0 Å². The number of aromatic carboxylic acids is 2. The zero-order valence-corrected chi connectivity index (χ0v) is 16.1. The Morgan fingerprint density at radius 2 is 1.00 bits per heavy atom. The van der Waals surface area contributed by atoms with E-state index >= 15 is 0 Å². The van der Waals surface area contributed by atoms with Gasteiger partial charge >= 0.3 is 11.9 Å². The minimum atomic E-state index is -0.863. The summed E-state index contributed by atoms with van der Waals surface area (Å²) < 4.78 is 0. The summed E-state index contributed by atoms with van der Waals surface area (Å²) in [6.07, 6.45) is 0. The van der Waals surface area contributed by atoms with Gasteiger partial charge in [-0.15, -0.1) is 0 Å². The molecule has 0 amide bonds. The van der Waals surface area contributed by atoms with E-state index in [-0.39, 0.29) is 27.3 Å². The molecule has 21 heavy (non-hydrogen) atoms. The second-order valence-electron chi connectivity index (χ2n) is 4.24. The van der Waals surface area contributed by atoms with E-state index in [0.29, 0.717) is 11.1 Å². The van der Waals surface area contributed by atoms with Crippen LogP contribution in [0.25, 0.3) is 0 Å². The molecule has 106 valence electrons. The number of hydrogen-bond acceptors (Lipinski definition) is 2. The van der Waals surface area contributed by atoms with E-state index in [1.165, 1.54) is 0 Å². The second-order valence-corrected chi connectivity index (χ2v) is 4.24. The maximum atomic E-state index is 10.4. The third-order valence-electron chi connectivity index (χ3n) is 2.75. The molecule has 2 aromatic carbocycles. The van der Waals surface area contributed by atoms with E-state index in [2.05, 4.69) is 0 Å². The van der Waals surface area contributed by atoms with Gasteiger partial charge in [0.05, 0.1) is 11.1 Å². The monoisotopic (exact) mass is 386 g/mol. The van der Waals surface area contributed by atoms with E-state index in [1.54, 1.807) is 50.2 Å². The Bertz CT molecular complexity index is 568. The summed E-state index contributed by atoms with van der Waals surface area (Å²) in [7, 11) is 0. The summed E-state index contributed by atoms with van der Waals surface area (Å²) >= 11 is 0. The van der Waals surface area contributed by atoms with Gasteiger partial charge in [-0.2, -0.15) is 0 Å².